The van der Waals surface area contributed by atoms with Crippen LogP contribution in [0.3, 0.4) is 0 Å². The van der Waals surface area contributed by atoms with E-state index in [0.29, 0.717) is 18.0 Å². The van der Waals surface area contributed by atoms with E-state index in [9.17, 15) is 4.79 Å². The number of carbonyl (C=O) groups is 1. The summed E-state index contributed by atoms with van der Waals surface area (Å²) >= 11 is 7.96. The lowest BCUT2D eigenvalue weighted by Crippen LogP contribution is -2.49. The maximum Gasteiger partial charge on any atom is 0.229 e. The van der Waals surface area contributed by atoms with Gasteiger partial charge in [-0.15, -0.1) is 36.2 Å². The van der Waals surface area contributed by atoms with Crippen molar-refractivity contribution in [3.8, 4) is 0 Å². The molecule has 0 bridgehead atoms. The normalized spacial score (nSPS) is 16.7. The molecule has 0 saturated carbocycles. The van der Waals surface area contributed by atoms with Gasteiger partial charge in [-0.3, -0.25) is 4.79 Å². The third kappa shape index (κ3) is 5.31. The average Bonchev–Trinajstić information content (AvgIpc) is 3.03. The number of aromatic nitrogens is 1. The number of hydrogen-bond acceptors (Lipinski definition) is 4. The van der Waals surface area contributed by atoms with Gasteiger partial charge in [0.05, 0.1) is 23.2 Å². The molecule has 0 spiro atoms. The molecule has 25 heavy (non-hydrogen) atoms. The minimum Gasteiger partial charge on any atom is -0.333 e. The van der Waals surface area contributed by atoms with E-state index in [0.717, 1.165) is 35.8 Å². The molecule has 1 unspecified atom stereocenters. The summed E-state index contributed by atoms with van der Waals surface area (Å²) in [6.07, 6.45) is 1.27. The average molecular weight is 423 g/mol. The second-order valence-corrected chi connectivity index (χ2v) is 6.94. The second-order valence-electron chi connectivity index (χ2n) is 5.59. The second kappa shape index (κ2) is 10.3. The number of rotatable bonds is 4. The van der Waals surface area contributed by atoms with E-state index in [4.69, 9.17) is 11.6 Å². The summed E-state index contributed by atoms with van der Waals surface area (Å²) in [4.78, 5) is 19.2. The molecular weight excluding hydrogens is 401 g/mol. The number of halogens is 3. The highest BCUT2D eigenvalue weighted by Gasteiger charge is 2.29. The molecule has 3 rings (SSSR count). The minimum absolute atomic E-state index is 0. The minimum atomic E-state index is -0.0192. The molecule has 1 saturated heterocycles. The third-order valence-corrected chi connectivity index (χ3v) is 5.45. The van der Waals surface area contributed by atoms with Gasteiger partial charge in [-0.1, -0.05) is 36.7 Å². The van der Waals surface area contributed by atoms with Crippen molar-refractivity contribution in [1.82, 2.24) is 15.2 Å². The summed E-state index contributed by atoms with van der Waals surface area (Å²) in [6, 6.07) is 7.73. The van der Waals surface area contributed by atoms with Gasteiger partial charge in [0, 0.05) is 30.0 Å². The Morgan fingerprint density at radius 2 is 2.16 bits per heavy atom. The summed E-state index contributed by atoms with van der Waals surface area (Å²) in [5, 5.41) is 7.13. The van der Waals surface area contributed by atoms with Crippen molar-refractivity contribution in [3.05, 3.63) is 50.9 Å². The first-order chi connectivity index (χ1) is 11.2. The smallest absolute Gasteiger partial charge is 0.229 e. The highest BCUT2D eigenvalue weighted by Crippen LogP contribution is 2.29. The van der Waals surface area contributed by atoms with E-state index in [1.165, 1.54) is 0 Å². The Labute approximate surface area is 169 Å². The van der Waals surface area contributed by atoms with Gasteiger partial charge in [-0.2, -0.15) is 0 Å². The van der Waals surface area contributed by atoms with Crippen LogP contribution in [-0.4, -0.2) is 35.4 Å². The van der Waals surface area contributed by atoms with Crippen LogP contribution < -0.4 is 5.32 Å². The Bertz CT molecular complexity index is 695. The molecule has 1 atom stereocenters. The molecule has 1 amide bonds. The monoisotopic (exact) mass is 421 g/mol. The van der Waals surface area contributed by atoms with Crippen LogP contribution in [-0.2, 0) is 17.6 Å². The van der Waals surface area contributed by atoms with E-state index in [1.807, 2.05) is 34.5 Å². The molecule has 1 aromatic heterocycles. The highest BCUT2D eigenvalue weighted by molar-refractivity contribution is 7.09. The van der Waals surface area contributed by atoms with Crippen LogP contribution in [0.4, 0.5) is 0 Å². The Morgan fingerprint density at radius 1 is 1.40 bits per heavy atom. The number of nitrogens with one attached hydrogen (secondary N) is 1. The number of thiazole rings is 1. The van der Waals surface area contributed by atoms with Crippen molar-refractivity contribution in [1.29, 1.82) is 0 Å². The summed E-state index contributed by atoms with van der Waals surface area (Å²) in [5.74, 6) is 0.115. The van der Waals surface area contributed by atoms with Crippen LogP contribution in [0.15, 0.2) is 29.6 Å². The fourth-order valence-electron chi connectivity index (χ4n) is 2.88. The molecule has 2 aromatic rings. The zero-order valence-electron chi connectivity index (χ0n) is 13.9. The third-order valence-electron chi connectivity index (χ3n) is 4.06. The van der Waals surface area contributed by atoms with Crippen LogP contribution in [0, 0.1) is 0 Å². The van der Waals surface area contributed by atoms with Crippen molar-refractivity contribution in [3.63, 3.8) is 0 Å². The van der Waals surface area contributed by atoms with Crippen LogP contribution in [0.2, 0.25) is 5.02 Å². The van der Waals surface area contributed by atoms with Crippen LogP contribution >= 0.6 is 47.8 Å². The Balaban J connectivity index is 0.00000156. The van der Waals surface area contributed by atoms with E-state index in [1.54, 1.807) is 11.3 Å². The topological polar surface area (TPSA) is 45.2 Å². The van der Waals surface area contributed by atoms with E-state index < -0.39 is 0 Å². The van der Waals surface area contributed by atoms with Crippen molar-refractivity contribution in [2.45, 2.75) is 25.8 Å². The van der Waals surface area contributed by atoms with Crippen molar-refractivity contribution in [2.75, 3.05) is 19.6 Å². The van der Waals surface area contributed by atoms with Crippen LogP contribution in [0.1, 0.15) is 29.2 Å². The molecular formula is C17H22Cl3N3OS. The van der Waals surface area contributed by atoms with E-state index in [2.05, 4.69) is 17.2 Å². The number of aryl methyl sites for hydroxylation is 1. The number of carbonyl (C=O) groups excluding carboxylic acids is 1. The molecule has 1 aliphatic rings. The Kier molecular flexibility index (Phi) is 9.17. The summed E-state index contributed by atoms with van der Waals surface area (Å²) in [6.45, 7) is 4.31. The fraction of sp³-hybridized carbons (Fsp3) is 0.412. The predicted octanol–water partition coefficient (Wildman–Crippen LogP) is 3.92. The summed E-state index contributed by atoms with van der Waals surface area (Å²) in [7, 11) is 0. The number of piperazine rings is 1. The molecule has 4 nitrogen and oxygen atoms in total. The molecule has 1 aliphatic heterocycles. The summed E-state index contributed by atoms with van der Waals surface area (Å²) < 4.78 is 0. The molecule has 1 aromatic carbocycles. The Hall–Kier alpha value is -0.850. The van der Waals surface area contributed by atoms with E-state index in [-0.39, 0.29) is 36.8 Å². The van der Waals surface area contributed by atoms with E-state index >= 15 is 0 Å². The Morgan fingerprint density at radius 3 is 2.84 bits per heavy atom. The molecule has 138 valence electrons. The predicted molar refractivity (Wildman–Crippen MR) is 108 cm³/mol. The van der Waals surface area contributed by atoms with Gasteiger partial charge >= 0.3 is 0 Å². The van der Waals surface area contributed by atoms with Gasteiger partial charge in [-0.25, -0.2) is 4.98 Å². The fourth-order valence-corrected chi connectivity index (χ4v) is 3.88. The van der Waals surface area contributed by atoms with Crippen LogP contribution in [0.25, 0.3) is 0 Å². The summed E-state index contributed by atoms with van der Waals surface area (Å²) in [5.41, 5.74) is 1.87. The molecule has 2 heterocycles. The van der Waals surface area contributed by atoms with Gasteiger partial charge in [0.1, 0.15) is 0 Å². The van der Waals surface area contributed by atoms with Gasteiger partial charge < -0.3 is 10.2 Å². The van der Waals surface area contributed by atoms with Gasteiger partial charge in [0.2, 0.25) is 5.91 Å². The molecule has 1 N–H and O–H groups in total. The lowest BCUT2D eigenvalue weighted by molar-refractivity contribution is -0.133. The molecule has 8 heteroatoms. The number of nitrogens with zero attached hydrogens (tertiary/aromatic N) is 2. The first-order valence-electron chi connectivity index (χ1n) is 7.87. The highest BCUT2D eigenvalue weighted by atomic mass is 35.5. The van der Waals surface area contributed by atoms with Crippen molar-refractivity contribution in [2.24, 2.45) is 0 Å². The number of hydrogen-bond donors (Lipinski definition) is 1. The number of amides is 1. The van der Waals surface area contributed by atoms with Crippen LogP contribution in [0.5, 0.6) is 0 Å². The SMILES string of the molecule is CCc1nc(CC(=O)N2CCNCC2c2ccccc2Cl)cs1.Cl.Cl. The quantitative estimate of drug-likeness (QED) is 0.812. The zero-order valence-corrected chi connectivity index (χ0v) is 17.1. The maximum atomic E-state index is 12.8. The number of benzene rings is 1. The van der Waals surface area contributed by atoms with Gasteiger partial charge in [-0.05, 0) is 18.1 Å². The zero-order chi connectivity index (χ0) is 16.2. The first-order valence-corrected chi connectivity index (χ1v) is 9.12. The standard InChI is InChI=1S/C17H20ClN3OS.2ClH/c1-2-16-20-12(11-23-16)9-17(22)21-8-7-19-10-15(21)13-5-3-4-6-14(13)18;;/h3-6,11,15,19H,2,7-10H2,1H3;2*1H. The first kappa shape index (κ1) is 22.2. The van der Waals surface area contributed by atoms with Gasteiger partial charge in [0.25, 0.3) is 0 Å². The largest absolute Gasteiger partial charge is 0.333 e. The maximum absolute atomic E-state index is 12.8. The lowest BCUT2D eigenvalue weighted by Gasteiger charge is -2.37. The van der Waals surface area contributed by atoms with Crippen molar-refractivity contribution < 1.29 is 4.79 Å². The molecule has 0 radical (unpaired) electrons. The van der Waals surface area contributed by atoms with Crippen molar-refractivity contribution >= 4 is 53.7 Å². The molecule has 0 aliphatic carbocycles. The lowest BCUT2D eigenvalue weighted by atomic mass is 10.0. The molecule has 1 fully saturated rings. The van der Waals surface area contributed by atoms with Gasteiger partial charge in [0.15, 0.2) is 0 Å².